The highest BCUT2D eigenvalue weighted by Gasteiger charge is 2.35. The summed E-state index contributed by atoms with van der Waals surface area (Å²) in [6, 6.07) is 7.61. The number of imide groups is 1. The number of hydrogen-bond acceptors (Lipinski definition) is 6. The minimum Gasteiger partial charge on any atom is -0.314 e. The molecule has 0 aliphatic carbocycles. The third-order valence-electron chi connectivity index (χ3n) is 8.19. The van der Waals surface area contributed by atoms with E-state index in [2.05, 4.69) is 22.5 Å². The van der Waals surface area contributed by atoms with Crippen molar-refractivity contribution in [1.82, 2.24) is 25.3 Å². The lowest BCUT2D eigenvalue weighted by molar-refractivity contribution is 0.0870. The van der Waals surface area contributed by atoms with Gasteiger partial charge in [0, 0.05) is 55.7 Å². The summed E-state index contributed by atoms with van der Waals surface area (Å²) in [5, 5.41) is 11.2. The smallest absolute Gasteiger partial charge is 0.259 e. The van der Waals surface area contributed by atoms with E-state index in [0.717, 1.165) is 45.4 Å². The Morgan fingerprint density at radius 2 is 1.68 bits per heavy atom. The van der Waals surface area contributed by atoms with Crippen LogP contribution < -0.4 is 10.6 Å². The van der Waals surface area contributed by atoms with Gasteiger partial charge in [-0.3, -0.25) is 24.6 Å². The molecule has 2 aliphatic heterocycles. The van der Waals surface area contributed by atoms with Crippen molar-refractivity contribution in [1.29, 1.82) is 0 Å². The van der Waals surface area contributed by atoms with Crippen molar-refractivity contribution in [2.24, 2.45) is 0 Å². The number of hydrogen-bond donors (Lipinski definition) is 2. The summed E-state index contributed by atoms with van der Waals surface area (Å²) in [7, 11) is 0. The fourth-order valence-electron chi connectivity index (χ4n) is 6.00. The Kier molecular flexibility index (Phi) is 8.71. The fraction of sp³-hybridized carbons (Fsp3) is 0.484. The largest absolute Gasteiger partial charge is 0.314 e. The van der Waals surface area contributed by atoms with Crippen molar-refractivity contribution in [2.45, 2.75) is 71.3 Å². The van der Waals surface area contributed by atoms with Crippen LogP contribution in [0.5, 0.6) is 0 Å². The van der Waals surface area contributed by atoms with E-state index in [-0.39, 0.29) is 11.9 Å². The van der Waals surface area contributed by atoms with Gasteiger partial charge in [-0.25, -0.2) is 4.39 Å². The number of unbranched alkanes of at least 4 members (excludes halogenated alkanes) is 6. The summed E-state index contributed by atoms with van der Waals surface area (Å²) in [6.45, 7) is 7.45. The van der Waals surface area contributed by atoms with E-state index in [1.54, 1.807) is 18.2 Å². The van der Waals surface area contributed by atoms with Crippen molar-refractivity contribution in [3.8, 4) is 11.3 Å². The highest BCUT2D eigenvalue weighted by atomic mass is 19.1. The number of aromatic nitrogens is 2. The van der Waals surface area contributed by atoms with E-state index in [0.29, 0.717) is 45.3 Å². The average molecular weight is 548 g/mol. The molecule has 1 unspecified atom stereocenters. The van der Waals surface area contributed by atoms with E-state index >= 15 is 0 Å². The van der Waals surface area contributed by atoms with Crippen LogP contribution in [0.3, 0.4) is 0 Å². The van der Waals surface area contributed by atoms with E-state index in [9.17, 15) is 18.8 Å². The normalized spacial score (nSPS) is 16.4. The predicted octanol–water partition coefficient (Wildman–Crippen LogP) is 5.47. The second kappa shape index (κ2) is 12.4. The Balaban J connectivity index is 1.53. The van der Waals surface area contributed by atoms with Crippen LogP contribution in [0.2, 0.25) is 0 Å². The van der Waals surface area contributed by atoms with Crippen LogP contribution in [0, 0.1) is 5.82 Å². The summed E-state index contributed by atoms with van der Waals surface area (Å²) in [5.41, 5.74) is 3.00. The molecule has 2 aliphatic rings. The second-order valence-electron chi connectivity index (χ2n) is 10.9. The molecular formula is C31H38FN5O3. The van der Waals surface area contributed by atoms with Gasteiger partial charge in [-0.15, -0.1) is 0 Å². The zero-order valence-corrected chi connectivity index (χ0v) is 23.4. The van der Waals surface area contributed by atoms with Crippen LogP contribution in [-0.2, 0) is 0 Å². The highest BCUT2D eigenvalue weighted by molar-refractivity contribution is 6.23. The van der Waals surface area contributed by atoms with Crippen molar-refractivity contribution in [2.75, 3.05) is 26.2 Å². The molecule has 40 heavy (non-hydrogen) atoms. The fourth-order valence-corrected chi connectivity index (χ4v) is 6.00. The van der Waals surface area contributed by atoms with Crippen LogP contribution >= 0.6 is 0 Å². The molecule has 0 bridgehead atoms. The monoisotopic (exact) mass is 547 g/mol. The lowest BCUT2D eigenvalue weighted by Crippen LogP contribution is -2.44. The molecule has 1 atom stereocenters. The molecule has 2 N–H and O–H groups in total. The van der Waals surface area contributed by atoms with Gasteiger partial charge in [0.15, 0.2) is 0 Å². The van der Waals surface area contributed by atoms with E-state index in [1.165, 1.54) is 42.5 Å². The molecule has 212 valence electrons. The number of halogens is 1. The molecule has 5 rings (SSSR count). The highest BCUT2D eigenvalue weighted by Crippen LogP contribution is 2.39. The Bertz CT molecular complexity index is 1430. The van der Waals surface area contributed by atoms with Gasteiger partial charge in [0.25, 0.3) is 11.8 Å². The lowest BCUT2D eigenvalue weighted by atomic mass is 9.89. The third kappa shape index (κ3) is 5.58. The van der Waals surface area contributed by atoms with Gasteiger partial charge < -0.3 is 5.32 Å². The minimum absolute atomic E-state index is 0.179. The molecule has 0 spiro atoms. The lowest BCUT2D eigenvalue weighted by Gasteiger charge is -2.34. The molecule has 9 heteroatoms. The molecular weight excluding hydrogens is 509 g/mol. The maximum Gasteiger partial charge on any atom is 0.259 e. The molecule has 2 aromatic carbocycles. The first-order valence-electron chi connectivity index (χ1n) is 14.6. The van der Waals surface area contributed by atoms with E-state index in [4.69, 9.17) is 5.10 Å². The molecule has 3 heterocycles. The number of fused-ring (bicyclic) bond motifs is 2. The van der Waals surface area contributed by atoms with Crippen LogP contribution in [0.25, 0.3) is 22.2 Å². The Morgan fingerprint density at radius 3 is 2.42 bits per heavy atom. The van der Waals surface area contributed by atoms with Gasteiger partial charge in [0.05, 0.1) is 16.6 Å². The molecule has 0 radical (unpaired) electrons. The van der Waals surface area contributed by atoms with Crippen molar-refractivity contribution in [3.63, 3.8) is 0 Å². The zero-order chi connectivity index (χ0) is 28.2. The topological polar surface area (TPSA) is 96.3 Å². The van der Waals surface area contributed by atoms with Gasteiger partial charge in [0.1, 0.15) is 11.5 Å². The van der Waals surface area contributed by atoms with Crippen molar-refractivity contribution in [3.05, 3.63) is 52.8 Å². The number of carbonyl (C=O) groups is 3. The molecule has 1 saturated heterocycles. The van der Waals surface area contributed by atoms with Crippen LogP contribution in [0.4, 0.5) is 4.39 Å². The van der Waals surface area contributed by atoms with Crippen LogP contribution in [-0.4, -0.2) is 58.6 Å². The van der Waals surface area contributed by atoms with Gasteiger partial charge in [-0.1, -0.05) is 51.5 Å². The average Bonchev–Trinajstić information content (AvgIpc) is 3.48. The van der Waals surface area contributed by atoms with Crippen LogP contribution in [0.15, 0.2) is 30.3 Å². The first-order valence-corrected chi connectivity index (χ1v) is 14.6. The van der Waals surface area contributed by atoms with E-state index < -0.39 is 17.6 Å². The Labute approximate surface area is 234 Å². The summed E-state index contributed by atoms with van der Waals surface area (Å²) < 4.78 is 15.7. The standard InChI is InChI=1S/C31H38FN5O3/c1-3-4-5-6-7-8-9-10-26(38)37-25-19-21(32)11-12-22(25)29(35-37)23-13-14-24-28(31(40)34-30(24)39)27(23)20(2)36-17-15-33-16-18-36/h11-14,19-20,33H,3-10,15-18H2,1-2H3,(H,34,39,40). The summed E-state index contributed by atoms with van der Waals surface area (Å²) in [4.78, 5) is 41.2. The summed E-state index contributed by atoms with van der Waals surface area (Å²) >= 11 is 0. The Morgan fingerprint density at radius 1 is 0.975 bits per heavy atom. The summed E-state index contributed by atoms with van der Waals surface area (Å²) in [6.07, 6.45) is 7.97. The number of benzene rings is 2. The molecule has 1 aromatic heterocycles. The van der Waals surface area contributed by atoms with Gasteiger partial charge in [-0.2, -0.15) is 9.78 Å². The minimum atomic E-state index is -0.447. The number of amides is 2. The van der Waals surface area contributed by atoms with Gasteiger partial charge in [0.2, 0.25) is 5.91 Å². The molecule has 1 fully saturated rings. The molecule has 2 amide bonds. The number of nitrogens with one attached hydrogen (secondary N) is 2. The quantitative estimate of drug-likeness (QED) is 0.244. The molecule has 8 nitrogen and oxygen atoms in total. The first-order chi connectivity index (χ1) is 19.4. The number of nitrogens with zero attached hydrogens (tertiary/aromatic N) is 3. The van der Waals surface area contributed by atoms with Gasteiger partial charge >= 0.3 is 0 Å². The Hall–Kier alpha value is -3.43. The second-order valence-corrected chi connectivity index (χ2v) is 10.9. The third-order valence-corrected chi connectivity index (χ3v) is 8.19. The van der Waals surface area contributed by atoms with Crippen molar-refractivity contribution < 1.29 is 18.8 Å². The zero-order valence-electron chi connectivity index (χ0n) is 23.4. The molecule has 3 aromatic rings. The van der Waals surface area contributed by atoms with Gasteiger partial charge in [-0.05, 0) is 37.1 Å². The number of rotatable bonds is 11. The molecule has 0 saturated carbocycles. The maximum absolute atomic E-state index is 14.4. The number of piperazine rings is 1. The first kappa shape index (κ1) is 28.1. The SMILES string of the molecule is CCCCCCCCCC(=O)n1nc(-c2ccc3c(c2C(C)N2CCNCC2)C(=O)NC3=O)c2ccc(F)cc21. The van der Waals surface area contributed by atoms with E-state index in [1.807, 2.05) is 6.92 Å². The summed E-state index contributed by atoms with van der Waals surface area (Å²) in [5.74, 6) is -1.47. The van der Waals surface area contributed by atoms with Crippen LogP contribution in [0.1, 0.15) is 102 Å². The van der Waals surface area contributed by atoms with Crippen molar-refractivity contribution >= 4 is 28.6 Å². The number of carbonyl (C=O) groups excluding carboxylic acids is 3. The maximum atomic E-state index is 14.4. The predicted molar refractivity (Wildman–Crippen MR) is 153 cm³/mol.